The van der Waals surface area contributed by atoms with E-state index in [1.165, 1.54) is 28.0 Å². The molecule has 1 aromatic heterocycles. The summed E-state index contributed by atoms with van der Waals surface area (Å²) >= 11 is 14.9. The number of hydrogen-bond donors (Lipinski definition) is 1. The van der Waals surface area contributed by atoms with Gasteiger partial charge in [-0.25, -0.2) is 0 Å². The van der Waals surface area contributed by atoms with Gasteiger partial charge < -0.3 is 14.6 Å². The molecule has 1 amide bonds. The number of rotatable bonds is 11. The second-order valence-electron chi connectivity index (χ2n) is 9.90. The predicted octanol–water partition coefficient (Wildman–Crippen LogP) is 8.26. The summed E-state index contributed by atoms with van der Waals surface area (Å²) in [5.74, 6) is -0.416. The number of ether oxygens (including phenoxy) is 2. The van der Waals surface area contributed by atoms with Crippen LogP contribution in [-0.2, 0) is 15.3 Å². The van der Waals surface area contributed by atoms with E-state index < -0.39 is 17.7 Å². The third kappa shape index (κ3) is 6.73. The van der Waals surface area contributed by atoms with E-state index >= 15 is 0 Å². The van der Waals surface area contributed by atoms with E-state index in [2.05, 4.69) is 10.2 Å². The normalized spacial score (nSPS) is 16.0. The highest BCUT2D eigenvalue weighted by molar-refractivity contribution is 8.00. The smallest absolute Gasteiger partial charge is 0.301 e. The summed E-state index contributed by atoms with van der Waals surface area (Å²) in [5.41, 5.74) is 2.76. The zero-order valence-electron chi connectivity index (χ0n) is 24.2. The first-order chi connectivity index (χ1) is 21.2. The van der Waals surface area contributed by atoms with Gasteiger partial charge in [0, 0.05) is 21.4 Å². The molecule has 0 spiro atoms. The molecule has 1 aliphatic heterocycles. The van der Waals surface area contributed by atoms with Crippen LogP contribution in [0, 0.1) is 6.92 Å². The van der Waals surface area contributed by atoms with Crippen molar-refractivity contribution >= 4 is 68.9 Å². The highest BCUT2D eigenvalue weighted by atomic mass is 35.5. The lowest BCUT2D eigenvalue weighted by Gasteiger charge is -2.23. The number of benzene rings is 3. The lowest BCUT2D eigenvalue weighted by Crippen LogP contribution is -2.29. The molecule has 1 atom stereocenters. The van der Waals surface area contributed by atoms with Crippen LogP contribution in [0.2, 0.25) is 10.0 Å². The fourth-order valence-electron chi connectivity index (χ4n) is 4.64. The van der Waals surface area contributed by atoms with Crippen LogP contribution < -0.4 is 14.4 Å². The Balaban J connectivity index is 1.57. The van der Waals surface area contributed by atoms with Gasteiger partial charge in [-0.15, -0.1) is 10.2 Å². The highest BCUT2D eigenvalue weighted by Crippen LogP contribution is 2.46. The Kier molecular flexibility index (Phi) is 10.2. The molecule has 1 unspecified atom stereocenters. The van der Waals surface area contributed by atoms with Gasteiger partial charge in [0.05, 0.1) is 24.8 Å². The van der Waals surface area contributed by atoms with Crippen molar-refractivity contribution < 1.29 is 24.2 Å². The van der Waals surface area contributed by atoms with Crippen LogP contribution in [0.1, 0.15) is 48.6 Å². The molecule has 1 fully saturated rings. The van der Waals surface area contributed by atoms with Gasteiger partial charge in [0.25, 0.3) is 5.78 Å². The number of ketones is 1. The monoisotopic (exact) mass is 669 g/mol. The van der Waals surface area contributed by atoms with Crippen LogP contribution in [0.5, 0.6) is 11.5 Å². The van der Waals surface area contributed by atoms with Crippen LogP contribution in [0.4, 0.5) is 5.13 Å². The van der Waals surface area contributed by atoms with Crippen LogP contribution in [0.15, 0.2) is 70.6 Å². The van der Waals surface area contributed by atoms with Crippen LogP contribution in [0.3, 0.4) is 0 Å². The number of anilines is 1. The standard InChI is InChI=1S/C32H29Cl2N3O5S2/c1-4-14-42-24-13-11-20(15-25(24)41-5-2)27-26(28(38)19-8-6-18(3)7-9-19)29(39)30(40)37(27)31-35-36-32(44-31)43-17-21-10-12-22(33)16-23(21)34/h6-13,15-16,27,38H,4-5,14,17H2,1-3H3. The number of nitrogens with zero attached hydrogens (tertiary/aromatic N) is 3. The molecule has 0 aliphatic carbocycles. The zero-order chi connectivity index (χ0) is 31.4. The summed E-state index contributed by atoms with van der Waals surface area (Å²) in [6.45, 7) is 6.66. The van der Waals surface area contributed by atoms with E-state index in [0.717, 1.165) is 17.5 Å². The number of halogens is 2. The number of amides is 1. The second-order valence-corrected chi connectivity index (χ2v) is 12.9. The number of carbonyl (C=O) groups is 2. The number of aryl methyl sites for hydroxylation is 1. The summed E-state index contributed by atoms with van der Waals surface area (Å²) in [6, 6.07) is 16.6. The minimum atomic E-state index is -0.993. The van der Waals surface area contributed by atoms with Gasteiger partial charge in [0.15, 0.2) is 15.8 Å². The maximum atomic E-state index is 13.7. The van der Waals surface area contributed by atoms with Crippen molar-refractivity contribution in [3.05, 3.63) is 98.5 Å². The molecule has 3 aromatic carbocycles. The Morgan fingerprint density at radius 2 is 1.77 bits per heavy atom. The predicted molar refractivity (Wildman–Crippen MR) is 175 cm³/mol. The number of carbonyl (C=O) groups excluding carboxylic acids is 2. The fraction of sp³-hybridized carbons (Fsp3) is 0.250. The Morgan fingerprint density at radius 1 is 1.00 bits per heavy atom. The summed E-state index contributed by atoms with van der Waals surface area (Å²) < 4.78 is 12.3. The van der Waals surface area contributed by atoms with Gasteiger partial charge in [-0.05, 0) is 55.7 Å². The van der Waals surface area contributed by atoms with Crippen molar-refractivity contribution in [2.45, 2.75) is 43.3 Å². The molecular formula is C32H29Cl2N3O5S2. The van der Waals surface area contributed by atoms with Gasteiger partial charge in [-0.2, -0.15) is 0 Å². The van der Waals surface area contributed by atoms with Crippen LogP contribution in [0.25, 0.3) is 5.76 Å². The van der Waals surface area contributed by atoms with Gasteiger partial charge >= 0.3 is 5.91 Å². The minimum absolute atomic E-state index is 0.0547. The van der Waals surface area contributed by atoms with E-state index in [4.69, 9.17) is 32.7 Å². The topological polar surface area (TPSA) is 102 Å². The molecule has 1 aliphatic rings. The SMILES string of the molecule is CCCOc1ccc(C2C(=C(O)c3ccc(C)cc3)C(=O)C(=O)N2c2nnc(SCc3ccc(Cl)cc3Cl)s2)cc1OCC. The first-order valence-corrected chi connectivity index (χ1v) is 16.4. The molecule has 0 saturated carbocycles. The van der Waals surface area contributed by atoms with Crippen molar-refractivity contribution in [1.82, 2.24) is 10.2 Å². The summed E-state index contributed by atoms with van der Waals surface area (Å²) in [6.07, 6.45) is 0.811. The molecule has 1 N–H and O–H groups in total. The van der Waals surface area contributed by atoms with Crippen molar-refractivity contribution in [2.75, 3.05) is 18.1 Å². The maximum Gasteiger partial charge on any atom is 0.301 e. The zero-order valence-corrected chi connectivity index (χ0v) is 27.3. The third-order valence-electron chi connectivity index (χ3n) is 6.78. The quantitative estimate of drug-likeness (QED) is 0.0560. The molecule has 228 valence electrons. The average molecular weight is 671 g/mol. The molecule has 44 heavy (non-hydrogen) atoms. The Bertz CT molecular complexity index is 1730. The van der Waals surface area contributed by atoms with E-state index in [0.29, 0.717) is 56.0 Å². The van der Waals surface area contributed by atoms with Gasteiger partial charge in [-0.1, -0.05) is 95.2 Å². The van der Waals surface area contributed by atoms with Gasteiger partial charge in [0.1, 0.15) is 5.76 Å². The number of thioether (sulfide) groups is 1. The van der Waals surface area contributed by atoms with Crippen molar-refractivity contribution in [3.63, 3.8) is 0 Å². The van der Waals surface area contributed by atoms with Crippen LogP contribution >= 0.6 is 46.3 Å². The van der Waals surface area contributed by atoms with E-state index in [-0.39, 0.29) is 16.5 Å². The van der Waals surface area contributed by atoms with Crippen LogP contribution in [-0.4, -0.2) is 40.2 Å². The van der Waals surface area contributed by atoms with Gasteiger partial charge in [-0.3, -0.25) is 14.5 Å². The van der Waals surface area contributed by atoms with Crippen molar-refractivity contribution in [2.24, 2.45) is 0 Å². The molecule has 0 bridgehead atoms. The van der Waals surface area contributed by atoms with Gasteiger partial charge in [0.2, 0.25) is 5.13 Å². The highest BCUT2D eigenvalue weighted by Gasteiger charge is 2.48. The average Bonchev–Trinajstić information content (AvgIpc) is 3.58. The maximum absolute atomic E-state index is 13.7. The van der Waals surface area contributed by atoms with E-state index in [1.807, 2.05) is 39.0 Å². The minimum Gasteiger partial charge on any atom is -0.507 e. The first kappa shape index (κ1) is 31.8. The second kappa shape index (κ2) is 14.0. The number of Topliss-reactive ketones (excluding diaryl/α,β-unsaturated/α-hetero) is 1. The first-order valence-electron chi connectivity index (χ1n) is 13.9. The Morgan fingerprint density at radius 3 is 2.48 bits per heavy atom. The molecule has 1 saturated heterocycles. The number of aliphatic hydroxyl groups is 1. The van der Waals surface area contributed by atoms with E-state index in [1.54, 1.807) is 42.5 Å². The molecule has 2 heterocycles. The molecule has 8 nitrogen and oxygen atoms in total. The number of aromatic nitrogens is 2. The molecule has 12 heteroatoms. The summed E-state index contributed by atoms with van der Waals surface area (Å²) in [7, 11) is 0. The molecule has 4 aromatic rings. The number of hydrogen-bond acceptors (Lipinski definition) is 9. The molecular weight excluding hydrogens is 641 g/mol. The summed E-state index contributed by atoms with van der Waals surface area (Å²) in [4.78, 5) is 28.6. The Hall–Kier alpha value is -3.57. The largest absolute Gasteiger partial charge is 0.507 e. The third-order valence-corrected chi connectivity index (χ3v) is 9.47. The van der Waals surface area contributed by atoms with E-state index in [9.17, 15) is 14.7 Å². The Labute approximate surface area is 273 Å². The van der Waals surface area contributed by atoms with Crippen molar-refractivity contribution in [3.8, 4) is 11.5 Å². The number of aliphatic hydroxyl groups excluding tert-OH is 1. The molecule has 0 radical (unpaired) electrons. The fourth-order valence-corrected chi connectivity index (χ4v) is 7.07. The molecule has 5 rings (SSSR count). The van der Waals surface area contributed by atoms with Crippen molar-refractivity contribution in [1.29, 1.82) is 0 Å². The lowest BCUT2D eigenvalue weighted by molar-refractivity contribution is -0.132. The lowest BCUT2D eigenvalue weighted by atomic mass is 9.95. The summed E-state index contributed by atoms with van der Waals surface area (Å²) in [5, 5.41) is 21.3.